The van der Waals surface area contributed by atoms with Gasteiger partial charge in [-0.3, -0.25) is 4.79 Å². The van der Waals surface area contributed by atoms with Gasteiger partial charge in [-0.15, -0.1) is 0 Å². The molecule has 1 aliphatic heterocycles. The lowest BCUT2D eigenvalue weighted by Crippen LogP contribution is -2.35. The third-order valence-corrected chi connectivity index (χ3v) is 4.08. The number of likely N-dealkylation sites (tertiary alicyclic amines) is 1. The molecule has 144 valence electrons. The van der Waals surface area contributed by atoms with Gasteiger partial charge in [-0.1, -0.05) is 13.3 Å². The second kappa shape index (κ2) is 8.24. The number of unbranched alkanes of at least 4 members (excludes halogenated alkanes) is 1. The molecular weight excluding hydrogens is 355 g/mol. The number of carboxylic acids is 1. The van der Waals surface area contributed by atoms with Crippen LogP contribution in [0.5, 0.6) is 5.88 Å². The molecule has 0 bridgehead atoms. The Morgan fingerprint density at radius 2 is 2.12 bits per heavy atom. The van der Waals surface area contributed by atoms with Crippen molar-refractivity contribution in [1.29, 1.82) is 0 Å². The molecular formula is C16H20F3N3O4. The molecule has 0 aromatic carbocycles. The number of amides is 2. The number of hydrogen-bond donors (Lipinski definition) is 2. The molecule has 2 atom stereocenters. The van der Waals surface area contributed by atoms with Crippen LogP contribution in [-0.2, 0) is 4.79 Å². The first-order valence-corrected chi connectivity index (χ1v) is 8.16. The minimum absolute atomic E-state index is 0.278. The zero-order valence-corrected chi connectivity index (χ0v) is 14.1. The third kappa shape index (κ3) is 4.99. The van der Waals surface area contributed by atoms with Crippen molar-refractivity contribution in [3.8, 4) is 5.88 Å². The van der Waals surface area contributed by atoms with E-state index in [0.717, 1.165) is 17.7 Å². The summed E-state index contributed by atoms with van der Waals surface area (Å²) in [6.45, 7) is 1.33. The van der Waals surface area contributed by atoms with Crippen LogP contribution >= 0.6 is 0 Å². The summed E-state index contributed by atoms with van der Waals surface area (Å²) in [5.74, 6) is -4.95. The number of pyridine rings is 1. The van der Waals surface area contributed by atoms with E-state index in [-0.39, 0.29) is 5.69 Å². The molecule has 26 heavy (non-hydrogen) atoms. The second-order valence-corrected chi connectivity index (χ2v) is 6.02. The number of nitrogens with zero attached hydrogens (tertiary/aromatic N) is 2. The average Bonchev–Trinajstić information content (AvgIpc) is 3.03. The predicted molar refractivity (Wildman–Crippen MR) is 85.9 cm³/mol. The summed E-state index contributed by atoms with van der Waals surface area (Å²) in [6, 6.07) is 2.25. The zero-order chi connectivity index (χ0) is 19.3. The van der Waals surface area contributed by atoms with Gasteiger partial charge in [0.1, 0.15) is 0 Å². The molecule has 2 heterocycles. The first-order chi connectivity index (χ1) is 12.2. The van der Waals surface area contributed by atoms with Crippen LogP contribution in [0.1, 0.15) is 19.8 Å². The molecule has 2 rings (SSSR count). The lowest BCUT2D eigenvalue weighted by atomic mass is 9.96. The number of anilines is 1. The Kier molecular flexibility index (Phi) is 6.27. The van der Waals surface area contributed by atoms with Gasteiger partial charge < -0.3 is 20.1 Å². The average molecular weight is 375 g/mol. The highest BCUT2D eigenvalue weighted by atomic mass is 19.4. The van der Waals surface area contributed by atoms with Gasteiger partial charge in [0.2, 0.25) is 5.88 Å². The Labute approximate surface area is 148 Å². The number of hydrogen-bond acceptors (Lipinski definition) is 4. The molecule has 1 aliphatic rings. The number of carbonyl (C=O) groups excluding carboxylic acids is 1. The van der Waals surface area contributed by atoms with Gasteiger partial charge in [-0.25, -0.2) is 9.78 Å². The predicted octanol–water partition coefficient (Wildman–Crippen LogP) is 2.99. The van der Waals surface area contributed by atoms with E-state index in [2.05, 4.69) is 10.3 Å². The standard InChI is InChI=1S/C16H20F3N3O4/c1-2-3-6-26-13-5-4-10(7-20-13)21-15(25)22-8-11(14(23)24)12(9-22)16(17,18)19/h4-5,7,11-12H,2-3,6,8-9H2,1H3,(H,21,25)(H,23,24)/t11-,12-/m1/s1. The van der Waals surface area contributed by atoms with Crippen molar-refractivity contribution in [2.75, 3.05) is 25.0 Å². The first-order valence-electron chi connectivity index (χ1n) is 8.16. The SMILES string of the molecule is CCCCOc1ccc(NC(=O)N2C[C@@H](C(F)(F)F)[C@H](C(=O)O)C2)cn1. The molecule has 1 saturated heterocycles. The molecule has 1 aromatic rings. The maximum Gasteiger partial charge on any atom is 0.394 e. The fourth-order valence-electron chi connectivity index (χ4n) is 2.61. The Hall–Kier alpha value is -2.52. The van der Waals surface area contributed by atoms with Crippen molar-refractivity contribution in [2.45, 2.75) is 25.9 Å². The van der Waals surface area contributed by atoms with E-state index in [9.17, 15) is 22.8 Å². The molecule has 1 aromatic heterocycles. The van der Waals surface area contributed by atoms with Crippen LogP contribution in [-0.4, -0.2) is 52.9 Å². The minimum Gasteiger partial charge on any atom is -0.481 e. The smallest absolute Gasteiger partial charge is 0.394 e. The van der Waals surface area contributed by atoms with Crippen molar-refractivity contribution >= 4 is 17.7 Å². The van der Waals surface area contributed by atoms with E-state index < -0.39 is 43.1 Å². The molecule has 0 unspecified atom stereocenters. The van der Waals surface area contributed by atoms with Crippen LogP contribution < -0.4 is 10.1 Å². The number of carbonyl (C=O) groups is 2. The van der Waals surface area contributed by atoms with E-state index >= 15 is 0 Å². The summed E-state index contributed by atoms with van der Waals surface area (Å²) in [4.78, 5) is 28.0. The number of carboxylic acid groups (broad SMARTS) is 1. The normalized spacial score (nSPS) is 20.1. The van der Waals surface area contributed by atoms with Gasteiger partial charge in [0.05, 0.1) is 30.3 Å². The van der Waals surface area contributed by atoms with Crippen LogP contribution in [0.4, 0.5) is 23.7 Å². The summed E-state index contributed by atoms with van der Waals surface area (Å²) >= 11 is 0. The molecule has 7 nitrogen and oxygen atoms in total. The number of rotatable bonds is 6. The van der Waals surface area contributed by atoms with Crippen molar-refractivity contribution in [1.82, 2.24) is 9.88 Å². The maximum atomic E-state index is 13.0. The number of aromatic nitrogens is 1. The van der Waals surface area contributed by atoms with Crippen LogP contribution in [0.25, 0.3) is 0 Å². The number of aliphatic carboxylic acids is 1. The zero-order valence-electron chi connectivity index (χ0n) is 14.1. The largest absolute Gasteiger partial charge is 0.481 e. The highest BCUT2D eigenvalue weighted by Crippen LogP contribution is 2.37. The molecule has 0 aliphatic carbocycles. The summed E-state index contributed by atoms with van der Waals surface area (Å²) in [6.07, 6.45) is -1.51. The van der Waals surface area contributed by atoms with E-state index in [0.29, 0.717) is 12.5 Å². The highest BCUT2D eigenvalue weighted by Gasteiger charge is 2.53. The minimum atomic E-state index is -4.68. The maximum absolute atomic E-state index is 13.0. The number of ether oxygens (including phenoxy) is 1. The van der Waals surface area contributed by atoms with E-state index in [1.54, 1.807) is 0 Å². The van der Waals surface area contributed by atoms with Crippen LogP contribution in [0, 0.1) is 11.8 Å². The first kappa shape index (κ1) is 19.8. The van der Waals surface area contributed by atoms with Crippen molar-refractivity contribution in [2.24, 2.45) is 11.8 Å². The Morgan fingerprint density at radius 1 is 1.38 bits per heavy atom. The fourth-order valence-corrected chi connectivity index (χ4v) is 2.61. The highest BCUT2D eigenvalue weighted by molar-refractivity contribution is 5.90. The van der Waals surface area contributed by atoms with Gasteiger partial charge in [0.15, 0.2) is 0 Å². The van der Waals surface area contributed by atoms with Crippen LogP contribution in [0.3, 0.4) is 0 Å². The fraction of sp³-hybridized carbons (Fsp3) is 0.562. The van der Waals surface area contributed by atoms with Crippen molar-refractivity contribution in [3.63, 3.8) is 0 Å². The molecule has 0 radical (unpaired) electrons. The van der Waals surface area contributed by atoms with Gasteiger partial charge in [-0.05, 0) is 12.5 Å². The molecule has 2 amide bonds. The lowest BCUT2D eigenvalue weighted by Gasteiger charge is -2.18. The Bertz CT molecular complexity index is 637. The van der Waals surface area contributed by atoms with Crippen LogP contribution in [0.2, 0.25) is 0 Å². The summed E-state index contributed by atoms with van der Waals surface area (Å²) in [5.41, 5.74) is 0.278. The van der Waals surface area contributed by atoms with Crippen molar-refractivity contribution < 1.29 is 32.6 Å². The summed E-state index contributed by atoms with van der Waals surface area (Å²) in [7, 11) is 0. The van der Waals surface area contributed by atoms with Gasteiger partial charge in [0.25, 0.3) is 0 Å². The number of urea groups is 1. The van der Waals surface area contributed by atoms with Crippen LogP contribution in [0.15, 0.2) is 18.3 Å². The number of alkyl halides is 3. The summed E-state index contributed by atoms with van der Waals surface area (Å²) < 4.78 is 44.3. The molecule has 0 spiro atoms. The Balaban J connectivity index is 1.96. The van der Waals surface area contributed by atoms with E-state index in [1.807, 2.05) is 6.92 Å². The third-order valence-electron chi connectivity index (χ3n) is 4.08. The monoisotopic (exact) mass is 375 g/mol. The van der Waals surface area contributed by atoms with E-state index in [1.165, 1.54) is 18.3 Å². The summed E-state index contributed by atoms with van der Waals surface area (Å²) in [5, 5.41) is 11.4. The van der Waals surface area contributed by atoms with Gasteiger partial charge in [-0.2, -0.15) is 13.2 Å². The quantitative estimate of drug-likeness (QED) is 0.746. The Morgan fingerprint density at radius 3 is 2.62 bits per heavy atom. The van der Waals surface area contributed by atoms with Gasteiger partial charge in [0, 0.05) is 19.2 Å². The van der Waals surface area contributed by atoms with E-state index in [4.69, 9.17) is 9.84 Å². The number of halogens is 3. The van der Waals surface area contributed by atoms with Crippen molar-refractivity contribution in [3.05, 3.63) is 18.3 Å². The molecule has 2 N–H and O–H groups in total. The molecule has 0 saturated carbocycles. The van der Waals surface area contributed by atoms with Gasteiger partial charge >= 0.3 is 18.2 Å². The molecule has 10 heteroatoms. The molecule has 1 fully saturated rings. The lowest BCUT2D eigenvalue weighted by molar-refractivity contribution is -0.187. The number of nitrogens with one attached hydrogen (secondary N) is 1. The topological polar surface area (TPSA) is 91.8 Å². The second-order valence-electron chi connectivity index (χ2n) is 6.02.